The van der Waals surface area contributed by atoms with Crippen molar-refractivity contribution in [3.63, 3.8) is 0 Å². The van der Waals surface area contributed by atoms with Gasteiger partial charge in [-0.3, -0.25) is 4.79 Å². The van der Waals surface area contributed by atoms with Crippen molar-refractivity contribution in [3.8, 4) is 0 Å². The molecular weight excluding hydrogens is 366 g/mol. The first-order valence-electron chi connectivity index (χ1n) is 9.30. The highest BCUT2D eigenvalue weighted by Crippen LogP contribution is 2.31. The molecular formula is C24H23NO4. The summed E-state index contributed by atoms with van der Waals surface area (Å²) in [6.07, 6.45) is 0. The number of carbonyl (C=O) groups excluding carboxylic acids is 2. The molecule has 0 spiro atoms. The molecule has 0 unspecified atom stereocenters. The number of ether oxygens (including phenoxy) is 1. The fourth-order valence-corrected chi connectivity index (χ4v) is 3.05. The third-order valence-electron chi connectivity index (χ3n) is 4.69. The third-order valence-corrected chi connectivity index (χ3v) is 4.69. The predicted molar refractivity (Wildman–Crippen MR) is 110 cm³/mol. The maximum absolute atomic E-state index is 12.9. The smallest absolute Gasteiger partial charge is 0.348 e. The Balaban J connectivity index is 1.73. The van der Waals surface area contributed by atoms with E-state index in [9.17, 15) is 14.7 Å². The summed E-state index contributed by atoms with van der Waals surface area (Å²) in [4.78, 5) is 26.8. The summed E-state index contributed by atoms with van der Waals surface area (Å²) < 4.78 is 5.26. The lowest BCUT2D eigenvalue weighted by Crippen LogP contribution is -2.40. The van der Waals surface area contributed by atoms with Crippen LogP contribution in [0.2, 0.25) is 0 Å². The first kappa shape index (κ1) is 20.3. The van der Waals surface area contributed by atoms with Crippen molar-refractivity contribution < 1.29 is 19.4 Å². The monoisotopic (exact) mass is 389 g/mol. The van der Waals surface area contributed by atoms with Gasteiger partial charge >= 0.3 is 5.97 Å². The van der Waals surface area contributed by atoms with Crippen LogP contribution in [0.1, 0.15) is 16.7 Å². The SMILES string of the molecule is CN(Cc1ccccc1)C(=O)COC(=O)C(O)(c1ccccc1)c1ccccc1. The molecule has 148 valence electrons. The van der Waals surface area contributed by atoms with Crippen LogP contribution >= 0.6 is 0 Å². The number of rotatable bonds is 7. The zero-order chi connectivity index (χ0) is 20.7. The highest BCUT2D eigenvalue weighted by atomic mass is 16.6. The number of esters is 1. The van der Waals surface area contributed by atoms with Crippen molar-refractivity contribution in [1.82, 2.24) is 4.90 Å². The van der Waals surface area contributed by atoms with Gasteiger partial charge in [-0.15, -0.1) is 0 Å². The van der Waals surface area contributed by atoms with Crippen LogP contribution in [0.15, 0.2) is 91.0 Å². The van der Waals surface area contributed by atoms with Crippen molar-refractivity contribution in [3.05, 3.63) is 108 Å². The van der Waals surface area contributed by atoms with Crippen LogP contribution in [0.25, 0.3) is 0 Å². The molecule has 5 heteroatoms. The highest BCUT2D eigenvalue weighted by molar-refractivity contribution is 5.88. The van der Waals surface area contributed by atoms with Crippen LogP contribution in [-0.2, 0) is 26.5 Å². The largest absolute Gasteiger partial charge is 0.453 e. The molecule has 3 rings (SSSR count). The molecule has 0 saturated carbocycles. The minimum Gasteiger partial charge on any atom is -0.453 e. The quantitative estimate of drug-likeness (QED) is 0.631. The summed E-state index contributed by atoms with van der Waals surface area (Å²) in [6, 6.07) is 26.6. The van der Waals surface area contributed by atoms with E-state index in [1.807, 2.05) is 30.3 Å². The van der Waals surface area contributed by atoms with Crippen molar-refractivity contribution in [2.75, 3.05) is 13.7 Å². The topological polar surface area (TPSA) is 66.8 Å². The van der Waals surface area contributed by atoms with E-state index >= 15 is 0 Å². The molecule has 0 atom stereocenters. The van der Waals surface area contributed by atoms with Crippen molar-refractivity contribution in [2.24, 2.45) is 0 Å². The first-order chi connectivity index (χ1) is 14.0. The normalized spacial score (nSPS) is 11.0. The van der Waals surface area contributed by atoms with Gasteiger partial charge in [-0.1, -0.05) is 91.0 Å². The van der Waals surface area contributed by atoms with Gasteiger partial charge in [0, 0.05) is 13.6 Å². The lowest BCUT2D eigenvalue weighted by Gasteiger charge is -2.27. The highest BCUT2D eigenvalue weighted by Gasteiger charge is 2.41. The van der Waals surface area contributed by atoms with Gasteiger partial charge in [-0.05, 0) is 16.7 Å². The number of benzene rings is 3. The summed E-state index contributed by atoms with van der Waals surface area (Å²) >= 11 is 0. The second-order valence-electron chi connectivity index (χ2n) is 6.75. The number of likely N-dealkylation sites (N-methyl/N-ethyl adjacent to an activating group) is 1. The maximum Gasteiger partial charge on any atom is 0.348 e. The molecule has 0 heterocycles. The van der Waals surface area contributed by atoms with Crippen molar-refractivity contribution >= 4 is 11.9 Å². The summed E-state index contributed by atoms with van der Waals surface area (Å²) in [6.45, 7) is -0.0526. The standard InChI is InChI=1S/C24H23NO4/c1-25(17-19-11-5-2-6-12-19)22(26)18-29-23(27)24(28,20-13-7-3-8-14-20)21-15-9-4-10-16-21/h2-16,28H,17-18H2,1H3. The molecule has 3 aromatic rings. The minimum absolute atomic E-state index is 0.356. The van der Waals surface area contributed by atoms with Gasteiger partial charge < -0.3 is 14.7 Å². The van der Waals surface area contributed by atoms with Crippen LogP contribution in [-0.4, -0.2) is 35.5 Å². The lowest BCUT2D eigenvalue weighted by atomic mass is 9.86. The number of hydrogen-bond acceptors (Lipinski definition) is 4. The van der Waals surface area contributed by atoms with Crippen molar-refractivity contribution in [2.45, 2.75) is 12.1 Å². The molecule has 0 radical (unpaired) electrons. The van der Waals surface area contributed by atoms with Crippen LogP contribution < -0.4 is 0 Å². The second-order valence-corrected chi connectivity index (χ2v) is 6.75. The molecule has 3 aromatic carbocycles. The van der Waals surface area contributed by atoms with Gasteiger partial charge in [0.15, 0.2) is 6.61 Å². The van der Waals surface area contributed by atoms with E-state index < -0.39 is 18.2 Å². The van der Waals surface area contributed by atoms with E-state index in [4.69, 9.17) is 4.74 Å². The van der Waals surface area contributed by atoms with E-state index in [0.717, 1.165) is 5.56 Å². The summed E-state index contributed by atoms with van der Waals surface area (Å²) in [5.41, 5.74) is -0.275. The zero-order valence-electron chi connectivity index (χ0n) is 16.2. The van der Waals surface area contributed by atoms with Crippen LogP contribution in [0.4, 0.5) is 0 Å². The van der Waals surface area contributed by atoms with E-state index in [0.29, 0.717) is 17.7 Å². The lowest BCUT2D eigenvalue weighted by molar-refractivity contribution is -0.166. The maximum atomic E-state index is 12.9. The summed E-state index contributed by atoms with van der Waals surface area (Å²) in [5.74, 6) is -1.25. The molecule has 0 saturated heterocycles. The molecule has 0 aliphatic rings. The Kier molecular flexibility index (Phi) is 6.42. The average molecular weight is 389 g/mol. The van der Waals surface area contributed by atoms with E-state index in [1.165, 1.54) is 4.90 Å². The van der Waals surface area contributed by atoms with E-state index in [-0.39, 0.29) is 5.91 Å². The fraction of sp³-hybridized carbons (Fsp3) is 0.167. The second kappa shape index (κ2) is 9.17. The summed E-state index contributed by atoms with van der Waals surface area (Å²) in [5, 5.41) is 11.3. The minimum atomic E-state index is -2.00. The van der Waals surface area contributed by atoms with Gasteiger partial charge in [0.25, 0.3) is 5.91 Å². The molecule has 5 nitrogen and oxygen atoms in total. The molecule has 0 aliphatic carbocycles. The molecule has 0 bridgehead atoms. The predicted octanol–water partition coefficient (Wildman–Crippen LogP) is 3.12. The van der Waals surface area contributed by atoms with Crippen LogP contribution in [0.5, 0.6) is 0 Å². The number of hydrogen-bond donors (Lipinski definition) is 1. The molecule has 1 amide bonds. The fourth-order valence-electron chi connectivity index (χ4n) is 3.05. The number of amides is 1. The Labute approximate surface area is 170 Å². The Morgan fingerprint density at radius 2 is 1.28 bits per heavy atom. The van der Waals surface area contributed by atoms with Crippen molar-refractivity contribution in [1.29, 1.82) is 0 Å². The first-order valence-corrected chi connectivity index (χ1v) is 9.30. The van der Waals surface area contributed by atoms with E-state index in [1.54, 1.807) is 67.7 Å². The molecule has 0 fully saturated rings. The molecule has 0 aromatic heterocycles. The Morgan fingerprint density at radius 1 is 0.828 bits per heavy atom. The van der Waals surface area contributed by atoms with Gasteiger partial charge in [-0.25, -0.2) is 4.79 Å². The van der Waals surface area contributed by atoms with E-state index in [2.05, 4.69) is 0 Å². The van der Waals surface area contributed by atoms with Gasteiger partial charge in [0.05, 0.1) is 0 Å². The molecule has 0 aliphatic heterocycles. The van der Waals surface area contributed by atoms with Gasteiger partial charge in [0.1, 0.15) is 0 Å². The molecule has 1 N–H and O–H groups in total. The third kappa shape index (κ3) is 4.70. The number of carbonyl (C=O) groups is 2. The Morgan fingerprint density at radius 3 is 1.76 bits per heavy atom. The van der Waals surface area contributed by atoms with Crippen LogP contribution in [0.3, 0.4) is 0 Å². The molecule has 29 heavy (non-hydrogen) atoms. The van der Waals surface area contributed by atoms with Gasteiger partial charge in [-0.2, -0.15) is 0 Å². The van der Waals surface area contributed by atoms with Crippen LogP contribution in [0, 0.1) is 0 Å². The average Bonchev–Trinajstić information content (AvgIpc) is 2.78. The number of aliphatic hydroxyl groups is 1. The zero-order valence-corrected chi connectivity index (χ0v) is 16.2. The Hall–Kier alpha value is -3.44. The Bertz CT molecular complexity index is 903. The summed E-state index contributed by atoms with van der Waals surface area (Å²) in [7, 11) is 1.64. The van der Waals surface area contributed by atoms with Gasteiger partial charge in [0.2, 0.25) is 5.60 Å². The number of nitrogens with zero attached hydrogens (tertiary/aromatic N) is 1.